The van der Waals surface area contributed by atoms with Crippen molar-refractivity contribution in [2.24, 2.45) is 5.92 Å². The van der Waals surface area contributed by atoms with Crippen LogP contribution in [0.3, 0.4) is 0 Å². The fourth-order valence-corrected chi connectivity index (χ4v) is 3.30. The van der Waals surface area contributed by atoms with E-state index >= 15 is 0 Å². The molecule has 4 bridgehead atoms. The Balaban J connectivity index is 1.72. The van der Waals surface area contributed by atoms with Gasteiger partial charge in [-0.2, -0.15) is 0 Å². The van der Waals surface area contributed by atoms with E-state index in [9.17, 15) is 0 Å². The molecule has 2 atom stereocenters. The lowest BCUT2D eigenvalue weighted by molar-refractivity contribution is 0.171. The van der Waals surface area contributed by atoms with Gasteiger partial charge in [0, 0.05) is 24.9 Å². The summed E-state index contributed by atoms with van der Waals surface area (Å²) >= 11 is 0. The van der Waals surface area contributed by atoms with Gasteiger partial charge in [0.05, 0.1) is 24.3 Å². The van der Waals surface area contributed by atoms with E-state index in [4.69, 9.17) is 9.84 Å². The Labute approximate surface area is 141 Å². The second kappa shape index (κ2) is 6.65. The molecule has 3 heterocycles. The lowest BCUT2D eigenvalue weighted by Crippen LogP contribution is -2.24. The lowest BCUT2D eigenvalue weighted by Gasteiger charge is -2.26. The summed E-state index contributed by atoms with van der Waals surface area (Å²) in [5.41, 5.74) is 1.97. The van der Waals surface area contributed by atoms with Gasteiger partial charge in [-0.1, -0.05) is 19.1 Å². The number of imidazole rings is 1. The summed E-state index contributed by atoms with van der Waals surface area (Å²) in [5, 5.41) is 11.5. The Morgan fingerprint density at radius 3 is 3.17 bits per heavy atom. The van der Waals surface area contributed by atoms with Crippen molar-refractivity contribution in [3.8, 4) is 0 Å². The minimum atomic E-state index is 0.214. The van der Waals surface area contributed by atoms with Crippen LogP contribution in [0.25, 0.3) is 5.65 Å². The monoisotopic (exact) mass is 325 g/mol. The van der Waals surface area contributed by atoms with Crippen molar-refractivity contribution in [3.05, 3.63) is 48.0 Å². The first-order chi connectivity index (χ1) is 11.8. The highest BCUT2D eigenvalue weighted by molar-refractivity contribution is 5.46. The van der Waals surface area contributed by atoms with Gasteiger partial charge in [0.15, 0.2) is 5.65 Å². The molecular formula is C18H23N5O. The van der Waals surface area contributed by atoms with E-state index < -0.39 is 0 Å². The highest BCUT2D eigenvalue weighted by Gasteiger charge is 2.27. The van der Waals surface area contributed by atoms with Gasteiger partial charge < -0.3 is 15.4 Å². The van der Waals surface area contributed by atoms with E-state index in [0.717, 1.165) is 55.6 Å². The second-order valence-electron chi connectivity index (χ2n) is 6.32. The molecule has 0 fully saturated rings. The van der Waals surface area contributed by atoms with Crippen LogP contribution in [0, 0.1) is 5.92 Å². The first kappa shape index (κ1) is 15.2. The van der Waals surface area contributed by atoms with Gasteiger partial charge in [0.1, 0.15) is 5.82 Å². The standard InChI is InChI=1S/C18H23N5O/c1-13-14-4-2-5-16(13)24-11-3-8-19-9-10-20-17-6-7-18-21-12-15(14)23(18)22-17/h2,4-7,12-14,19H,3,8-11H2,1H3,(H,20,22). The Morgan fingerprint density at radius 2 is 2.21 bits per heavy atom. The molecule has 0 aromatic carbocycles. The van der Waals surface area contributed by atoms with E-state index in [0.29, 0.717) is 0 Å². The van der Waals surface area contributed by atoms with Crippen molar-refractivity contribution < 1.29 is 4.74 Å². The van der Waals surface area contributed by atoms with Crippen molar-refractivity contribution in [1.82, 2.24) is 19.9 Å². The second-order valence-corrected chi connectivity index (χ2v) is 6.32. The third-order valence-corrected chi connectivity index (χ3v) is 4.67. The molecule has 1 aliphatic carbocycles. The highest BCUT2D eigenvalue weighted by atomic mass is 16.5. The van der Waals surface area contributed by atoms with Crippen LogP contribution >= 0.6 is 0 Å². The van der Waals surface area contributed by atoms with Gasteiger partial charge in [-0.15, -0.1) is 5.10 Å². The third kappa shape index (κ3) is 2.89. The van der Waals surface area contributed by atoms with Gasteiger partial charge in [0.2, 0.25) is 0 Å². The molecular weight excluding hydrogens is 302 g/mol. The van der Waals surface area contributed by atoms with Gasteiger partial charge in [-0.05, 0) is 31.2 Å². The van der Waals surface area contributed by atoms with E-state index in [-0.39, 0.29) is 11.8 Å². The van der Waals surface area contributed by atoms with Crippen molar-refractivity contribution in [2.75, 3.05) is 31.6 Å². The number of nitrogens with one attached hydrogen (secondary N) is 2. The molecule has 6 heteroatoms. The average Bonchev–Trinajstić information content (AvgIpc) is 3.01. The number of nitrogens with zero attached hydrogens (tertiary/aromatic N) is 3. The van der Waals surface area contributed by atoms with E-state index in [1.807, 2.05) is 22.8 Å². The van der Waals surface area contributed by atoms with Gasteiger partial charge in [0.25, 0.3) is 0 Å². The van der Waals surface area contributed by atoms with Crippen LogP contribution in [-0.4, -0.2) is 40.8 Å². The fraction of sp³-hybridized carbons (Fsp3) is 0.444. The summed E-state index contributed by atoms with van der Waals surface area (Å²) in [5.74, 6) is 2.40. The minimum absolute atomic E-state index is 0.214. The molecule has 0 saturated heterocycles. The average molecular weight is 325 g/mol. The maximum atomic E-state index is 6.03. The summed E-state index contributed by atoms with van der Waals surface area (Å²) in [6.45, 7) is 5.65. The smallest absolute Gasteiger partial charge is 0.153 e. The number of anilines is 1. The zero-order valence-electron chi connectivity index (χ0n) is 13.9. The predicted molar refractivity (Wildman–Crippen MR) is 94.0 cm³/mol. The summed E-state index contributed by atoms with van der Waals surface area (Å²) in [6.07, 6.45) is 9.30. The van der Waals surface area contributed by atoms with Crippen LogP contribution in [0.15, 0.2) is 42.3 Å². The van der Waals surface area contributed by atoms with Crippen LogP contribution in [0.2, 0.25) is 0 Å². The van der Waals surface area contributed by atoms with Crippen molar-refractivity contribution in [1.29, 1.82) is 0 Å². The zero-order valence-corrected chi connectivity index (χ0v) is 13.9. The molecule has 0 spiro atoms. The van der Waals surface area contributed by atoms with Crippen LogP contribution < -0.4 is 10.6 Å². The first-order valence-corrected chi connectivity index (χ1v) is 8.63. The molecule has 4 rings (SSSR count). The molecule has 1 aliphatic heterocycles. The van der Waals surface area contributed by atoms with Gasteiger partial charge in [-0.25, -0.2) is 9.50 Å². The molecule has 6 nitrogen and oxygen atoms in total. The predicted octanol–water partition coefficient (Wildman–Crippen LogP) is 2.32. The molecule has 2 unspecified atom stereocenters. The number of hydrogen-bond donors (Lipinski definition) is 2. The molecule has 126 valence electrons. The molecule has 0 saturated carbocycles. The minimum Gasteiger partial charge on any atom is -0.498 e. The molecule has 0 amide bonds. The van der Waals surface area contributed by atoms with E-state index in [1.165, 1.54) is 0 Å². The van der Waals surface area contributed by atoms with Crippen molar-refractivity contribution >= 4 is 11.5 Å². The van der Waals surface area contributed by atoms with E-state index in [2.05, 4.69) is 40.8 Å². The third-order valence-electron chi connectivity index (χ3n) is 4.67. The van der Waals surface area contributed by atoms with Crippen molar-refractivity contribution in [3.63, 3.8) is 0 Å². The van der Waals surface area contributed by atoms with Gasteiger partial charge >= 0.3 is 0 Å². The van der Waals surface area contributed by atoms with E-state index in [1.54, 1.807) is 0 Å². The first-order valence-electron chi connectivity index (χ1n) is 8.63. The Kier molecular flexibility index (Phi) is 4.21. The van der Waals surface area contributed by atoms with Crippen LogP contribution in [0.1, 0.15) is 25.0 Å². The van der Waals surface area contributed by atoms with Crippen LogP contribution in [-0.2, 0) is 4.74 Å². The molecule has 2 aromatic heterocycles. The summed E-state index contributed by atoms with van der Waals surface area (Å²) in [7, 11) is 0. The number of fused-ring (bicyclic) bond motifs is 4. The summed E-state index contributed by atoms with van der Waals surface area (Å²) in [4.78, 5) is 4.51. The number of allylic oxidation sites excluding steroid dienone is 4. The highest BCUT2D eigenvalue weighted by Crippen LogP contribution is 2.35. The molecule has 24 heavy (non-hydrogen) atoms. The molecule has 2 N–H and O–H groups in total. The SMILES string of the molecule is CC1C2=CC=CC1c1cnc3ccc(nn13)NCCNCCCO2. The Morgan fingerprint density at radius 1 is 1.25 bits per heavy atom. The molecule has 2 aromatic rings. The summed E-state index contributed by atoms with van der Waals surface area (Å²) in [6, 6.07) is 3.99. The number of aromatic nitrogens is 3. The topological polar surface area (TPSA) is 63.5 Å². The summed E-state index contributed by atoms with van der Waals surface area (Å²) < 4.78 is 7.98. The molecule has 0 radical (unpaired) electrons. The maximum absolute atomic E-state index is 6.03. The number of rotatable bonds is 0. The Hall–Kier alpha value is -2.34. The van der Waals surface area contributed by atoms with Crippen LogP contribution in [0.5, 0.6) is 0 Å². The number of ether oxygens (including phenoxy) is 1. The largest absolute Gasteiger partial charge is 0.498 e. The number of hydrogen-bond acceptors (Lipinski definition) is 5. The Bertz CT molecular complexity index is 779. The fourth-order valence-electron chi connectivity index (χ4n) is 3.30. The maximum Gasteiger partial charge on any atom is 0.153 e. The molecule has 2 aliphatic rings. The quantitative estimate of drug-likeness (QED) is 0.778. The van der Waals surface area contributed by atoms with Crippen molar-refractivity contribution in [2.45, 2.75) is 19.3 Å². The van der Waals surface area contributed by atoms with Gasteiger partial charge in [-0.3, -0.25) is 0 Å². The van der Waals surface area contributed by atoms with Crippen LogP contribution in [0.4, 0.5) is 5.82 Å². The normalized spacial score (nSPS) is 24.6. The zero-order chi connectivity index (χ0) is 16.4. The lowest BCUT2D eigenvalue weighted by atomic mass is 9.86.